The van der Waals surface area contributed by atoms with Crippen LogP contribution in [0.1, 0.15) is 40.1 Å². The number of aryl methyl sites for hydroxylation is 1. The maximum Gasteiger partial charge on any atom is 0.259 e. The number of carbonyl (C=O) groups excluding carboxylic acids is 2. The minimum Gasteiger partial charge on any atom is -0.494 e. The molecular weight excluding hydrogens is 394 g/mol. The number of benzene rings is 2. The van der Waals surface area contributed by atoms with Gasteiger partial charge in [0.2, 0.25) is 0 Å². The van der Waals surface area contributed by atoms with Gasteiger partial charge in [-0.1, -0.05) is 12.1 Å². The third-order valence-electron chi connectivity index (χ3n) is 4.46. The van der Waals surface area contributed by atoms with E-state index in [9.17, 15) is 9.59 Å². The fourth-order valence-corrected chi connectivity index (χ4v) is 2.94. The lowest BCUT2D eigenvalue weighted by molar-refractivity contribution is 0.101. The third kappa shape index (κ3) is 5.60. The number of amides is 2. The molecule has 0 unspecified atom stereocenters. The Morgan fingerprint density at radius 2 is 1.81 bits per heavy atom. The second-order valence-corrected chi connectivity index (χ2v) is 7.21. The molecule has 2 N–H and O–H groups in total. The Morgan fingerprint density at radius 1 is 1.00 bits per heavy atom. The first-order chi connectivity index (χ1) is 14.9. The molecule has 2 aromatic carbocycles. The highest BCUT2D eigenvalue weighted by molar-refractivity contribution is 6.08. The van der Waals surface area contributed by atoms with Gasteiger partial charge in [-0.25, -0.2) is 0 Å². The first kappa shape index (κ1) is 21.8. The molecule has 3 rings (SSSR count). The van der Waals surface area contributed by atoms with E-state index in [1.165, 1.54) is 19.5 Å². The second-order valence-electron chi connectivity index (χ2n) is 7.21. The van der Waals surface area contributed by atoms with Crippen LogP contribution in [0.25, 0.3) is 0 Å². The van der Waals surface area contributed by atoms with E-state index < -0.39 is 0 Å². The molecule has 160 valence electrons. The van der Waals surface area contributed by atoms with Crippen molar-refractivity contribution in [1.82, 2.24) is 4.98 Å². The van der Waals surface area contributed by atoms with Crippen molar-refractivity contribution in [3.05, 3.63) is 77.6 Å². The summed E-state index contributed by atoms with van der Waals surface area (Å²) in [5, 5.41) is 5.71. The van der Waals surface area contributed by atoms with E-state index in [-0.39, 0.29) is 17.9 Å². The number of nitrogens with zero attached hydrogens (tertiary/aromatic N) is 1. The smallest absolute Gasteiger partial charge is 0.259 e. The van der Waals surface area contributed by atoms with Gasteiger partial charge in [0, 0.05) is 29.2 Å². The average Bonchev–Trinajstić information content (AvgIpc) is 2.74. The first-order valence-electron chi connectivity index (χ1n) is 9.85. The predicted octanol–water partition coefficient (Wildman–Crippen LogP) is 4.69. The summed E-state index contributed by atoms with van der Waals surface area (Å²) in [7, 11) is 1.48. The van der Waals surface area contributed by atoms with Crippen molar-refractivity contribution < 1.29 is 19.1 Å². The normalized spacial score (nSPS) is 10.5. The van der Waals surface area contributed by atoms with Crippen LogP contribution in [0.5, 0.6) is 11.5 Å². The van der Waals surface area contributed by atoms with E-state index >= 15 is 0 Å². The maximum absolute atomic E-state index is 12.8. The van der Waals surface area contributed by atoms with Crippen molar-refractivity contribution in [3.63, 3.8) is 0 Å². The predicted molar refractivity (Wildman–Crippen MR) is 120 cm³/mol. The summed E-state index contributed by atoms with van der Waals surface area (Å²) in [5.41, 5.74) is 2.75. The van der Waals surface area contributed by atoms with E-state index in [0.29, 0.717) is 34.0 Å². The molecule has 1 heterocycles. The molecule has 3 aromatic rings. The number of nitrogens with one attached hydrogen (secondary N) is 2. The Hall–Kier alpha value is -3.87. The molecular formula is C24H25N3O4. The first-order valence-corrected chi connectivity index (χ1v) is 9.85. The van der Waals surface area contributed by atoms with Crippen molar-refractivity contribution >= 4 is 23.2 Å². The van der Waals surface area contributed by atoms with Crippen LogP contribution in [0, 0.1) is 6.92 Å². The molecule has 0 fully saturated rings. The fourth-order valence-electron chi connectivity index (χ4n) is 2.94. The number of methoxy groups -OCH3 is 1. The van der Waals surface area contributed by atoms with Gasteiger partial charge in [0.15, 0.2) is 0 Å². The largest absolute Gasteiger partial charge is 0.494 e. The molecule has 0 saturated carbocycles. The minimum absolute atomic E-state index is 0.0354. The molecule has 1 aromatic heterocycles. The summed E-state index contributed by atoms with van der Waals surface area (Å²) in [6.45, 7) is 5.73. The standard InChI is InChI=1S/C24H25N3O4/c1-15(2)31-19-7-5-6-18(13-19)26-23(28)17-9-8-16(3)21(12-17)27-24(29)20-10-11-25-14-22(20)30-4/h5-15H,1-4H3,(H,26,28)(H,27,29). The van der Waals surface area contributed by atoms with Crippen LogP contribution in [0.15, 0.2) is 60.9 Å². The van der Waals surface area contributed by atoms with E-state index in [1.807, 2.05) is 32.9 Å². The summed E-state index contributed by atoms with van der Waals surface area (Å²) in [5.74, 6) is 0.406. The SMILES string of the molecule is COc1cnccc1C(=O)Nc1cc(C(=O)Nc2cccc(OC(C)C)c2)ccc1C. The third-order valence-corrected chi connectivity index (χ3v) is 4.46. The zero-order chi connectivity index (χ0) is 22.4. The Bertz CT molecular complexity index is 1100. The van der Waals surface area contributed by atoms with Crippen LogP contribution in [-0.2, 0) is 0 Å². The molecule has 0 bridgehead atoms. The topological polar surface area (TPSA) is 89.5 Å². The van der Waals surface area contributed by atoms with Gasteiger partial charge in [0.05, 0.1) is 25.0 Å². The van der Waals surface area contributed by atoms with E-state index in [2.05, 4.69) is 15.6 Å². The summed E-state index contributed by atoms with van der Waals surface area (Å²) in [6, 6.07) is 13.9. The van der Waals surface area contributed by atoms with E-state index in [4.69, 9.17) is 9.47 Å². The zero-order valence-corrected chi connectivity index (χ0v) is 17.9. The number of carbonyl (C=O) groups is 2. The number of hydrogen-bond acceptors (Lipinski definition) is 5. The monoisotopic (exact) mass is 419 g/mol. The van der Waals surface area contributed by atoms with Gasteiger partial charge in [0.1, 0.15) is 11.5 Å². The molecule has 0 aliphatic carbocycles. The van der Waals surface area contributed by atoms with Gasteiger partial charge >= 0.3 is 0 Å². The van der Waals surface area contributed by atoms with Crippen molar-refractivity contribution in [2.75, 3.05) is 17.7 Å². The number of hydrogen-bond donors (Lipinski definition) is 2. The van der Waals surface area contributed by atoms with Gasteiger partial charge in [-0.15, -0.1) is 0 Å². The second kappa shape index (κ2) is 9.75. The average molecular weight is 419 g/mol. The van der Waals surface area contributed by atoms with Gasteiger partial charge in [0.25, 0.3) is 11.8 Å². The molecule has 7 heteroatoms. The number of ether oxygens (including phenoxy) is 2. The molecule has 31 heavy (non-hydrogen) atoms. The number of rotatable bonds is 7. The van der Waals surface area contributed by atoms with Gasteiger partial charge in [-0.05, 0) is 56.7 Å². The number of aromatic nitrogens is 1. The Labute approximate surface area is 181 Å². The summed E-state index contributed by atoms with van der Waals surface area (Å²) >= 11 is 0. The molecule has 0 saturated heterocycles. The molecule has 2 amide bonds. The van der Waals surface area contributed by atoms with Crippen LogP contribution in [0.3, 0.4) is 0 Å². The lowest BCUT2D eigenvalue weighted by Gasteiger charge is -2.13. The van der Waals surface area contributed by atoms with Crippen molar-refractivity contribution in [2.24, 2.45) is 0 Å². The van der Waals surface area contributed by atoms with Crippen LogP contribution in [0.2, 0.25) is 0 Å². The van der Waals surface area contributed by atoms with E-state index in [0.717, 1.165) is 5.56 Å². The molecule has 0 atom stereocenters. The molecule has 0 aliphatic rings. The highest BCUT2D eigenvalue weighted by Gasteiger charge is 2.15. The fraction of sp³-hybridized carbons (Fsp3) is 0.208. The van der Waals surface area contributed by atoms with E-state index in [1.54, 1.807) is 36.4 Å². The Kier molecular flexibility index (Phi) is 6.87. The maximum atomic E-state index is 12.8. The van der Waals surface area contributed by atoms with Gasteiger partial charge < -0.3 is 20.1 Å². The molecule has 0 aliphatic heterocycles. The summed E-state index contributed by atoms with van der Waals surface area (Å²) in [6.07, 6.45) is 3.03. The lowest BCUT2D eigenvalue weighted by Crippen LogP contribution is -2.16. The van der Waals surface area contributed by atoms with Crippen LogP contribution < -0.4 is 20.1 Å². The Balaban J connectivity index is 1.77. The summed E-state index contributed by atoms with van der Waals surface area (Å²) in [4.78, 5) is 29.4. The van der Waals surface area contributed by atoms with Gasteiger partial charge in [-0.3, -0.25) is 14.6 Å². The molecule has 0 spiro atoms. The quantitative estimate of drug-likeness (QED) is 0.580. The van der Waals surface area contributed by atoms with Gasteiger partial charge in [-0.2, -0.15) is 0 Å². The van der Waals surface area contributed by atoms with Crippen molar-refractivity contribution in [3.8, 4) is 11.5 Å². The van der Waals surface area contributed by atoms with Crippen LogP contribution >= 0.6 is 0 Å². The number of pyridine rings is 1. The molecule has 7 nitrogen and oxygen atoms in total. The zero-order valence-electron chi connectivity index (χ0n) is 17.9. The Morgan fingerprint density at radius 3 is 2.55 bits per heavy atom. The van der Waals surface area contributed by atoms with Crippen molar-refractivity contribution in [2.45, 2.75) is 26.9 Å². The number of anilines is 2. The van der Waals surface area contributed by atoms with Crippen molar-refractivity contribution in [1.29, 1.82) is 0 Å². The van der Waals surface area contributed by atoms with Crippen LogP contribution in [0.4, 0.5) is 11.4 Å². The highest BCUT2D eigenvalue weighted by Crippen LogP contribution is 2.23. The highest BCUT2D eigenvalue weighted by atomic mass is 16.5. The lowest BCUT2D eigenvalue weighted by atomic mass is 10.1. The van der Waals surface area contributed by atoms with Crippen LogP contribution in [-0.4, -0.2) is 30.0 Å². The molecule has 0 radical (unpaired) electrons. The minimum atomic E-state index is -0.349. The summed E-state index contributed by atoms with van der Waals surface area (Å²) < 4.78 is 10.9.